The number of carbonyl (C=O) groups is 1. The molecule has 0 radical (unpaired) electrons. The van der Waals surface area contributed by atoms with Crippen molar-refractivity contribution < 1.29 is 22.7 Å². The van der Waals surface area contributed by atoms with E-state index in [1.54, 1.807) is 16.3 Å². The van der Waals surface area contributed by atoms with Crippen LogP contribution in [0.2, 0.25) is 0 Å². The quantitative estimate of drug-likeness (QED) is 0.583. The minimum absolute atomic E-state index is 0.0261. The van der Waals surface area contributed by atoms with Crippen molar-refractivity contribution in [1.82, 2.24) is 9.88 Å². The normalized spacial score (nSPS) is 13.7. The van der Waals surface area contributed by atoms with Gasteiger partial charge >= 0.3 is 0 Å². The lowest BCUT2D eigenvalue weighted by molar-refractivity contribution is 0.0788. The predicted molar refractivity (Wildman–Crippen MR) is 103 cm³/mol. The van der Waals surface area contributed by atoms with Crippen molar-refractivity contribution in [2.75, 3.05) is 13.1 Å². The molecule has 150 valence electrons. The fraction of sp³-hybridized carbons (Fsp3) is 0.238. The van der Waals surface area contributed by atoms with E-state index in [2.05, 4.69) is 4.98 Å². The standard InChI is InChI=1S/C21H17F3N2O2S/c22-16-6-3-13(9-18(16)24)11-28-14-4-5-15(17(23)10-14)20-25-19(12-29-20)21(27)26-7-1-2-8-26/h3-6,9-10,12H,1-2,7-8,11H2. The van der Waals surface area contributed by atoms with Crippen LogP contribution in [-0.2, 0) is 6.61 Å². The number of halogens is 3. The number of hydrogen-bond donors (Lipinski definition) is 0. The van der Waals surface area contributed by atoms with Gasteiger partial charge in [-0.25, -0.2) is 18.2 Å². The average molecular weight is 418 g/mol. The van der Waals surface area contributed by atoms with Crippen LogP contribution < -0.4 is 4.74 Å². The molecule has 3 aromatic rings. The highest BCUT2D eigenvalue weighted by atomic mass is 32.1. The van der Waals surface area contributed by atoms with Crippen LogP contribution in [0, 0.1) is 17.5 Å². The van der Waals surface area contributed by atoms with Gasteiger partial charge in [0.25, 0.3) is 5.91 Å². The summed E-state index contributed by atoms with van der Waals surface area (Å²) in [5, 5.41) is 2.06. The van der Waals surface area contributed by atoms with Crippen molar-refractivity contribution >= 4 is 17.2 Å². The molecule has 1 aromatic heterocycles. The molecule has 8 heteroatoms. The minimum atomic E-state index is -0.962. The van der Waals surface area contributed by atoms with Crippen LogP contribution in [0.3, 0.4) is 0 Å². The van der Waals surface area contributed by atoms with Gasteiger partial charge in [0.05, 0.1) is 0 Å². The topological polar surface area (TPSA) is 42.4 Å². The molecule has 0 unspecified atom stereocenters. The highest BCUT2D eigenvalue weighted by Crippen LogP contribution is 2.30. The van der Waals surface area contributed by atoms with Gasteiger partial charge in [-0.3, -0.25) is 4.79 Å². The van der Waals surface area contributed by atoms with Gasteiger partial charge in [-0.05, 0) is 42.7 Å². The predicted octanol–water partition coefficient (Wildman–Crippen LogP) is 5.04. The first-order chi connectivity index (χ1) is 14.0. The average Bonchev–Trinajstić information content (AvgIpc) is 3.41. The minimum Gasteiger partial charge on any atom is -0.489 e. The van der Waals surface area contributed by atoms with Gasteiger partial charge < -0.3 is 9.64 Å². The first kappa shape index (κ1) is 19.4. The lowest BCUT2D eigenvalue weighted by Crippen LogP contribution is -2.27. The molecule has 0 bridgehead atoms. The molecule has 1 amide bonds. The smallest absolute Gasteiger partial charge is 0.273 e. The summed E-state index contributed by atoms with van der Waals surface area (Å²) in [6.45, 7) is 1.43. The third-order valence-electron chi connectivity index (χ3n) is 4.68. The van der Waals surface area contributed by atoms with E-state index in [4.69, 9.17) is 4.74 Å². The monoisotopic (exact) mass is 418 g/mol. The van der Waals surface area contributed by atoms with Crippen LogP contribution in [-0.4, -0.2) is 28.9 Å². The second-order valence-corrected chi connectivity index (χ2v) is 7.57. The molecule has 29 heavy (non-hydrogen) atoms. The molecule has 1 saturated heterocycles. The summed E-state index contributed by atoms with van der Waals surface area (Å²) in [5.74, 6) is -2.31. The molecule has 0 spiro atoms. The molecular formula is C21H17F3N2O2S. The number of hydrogen-bond acceptors (Lipinski definition) is 4. The molecule has 0 aliphatic carbocycles. The summed E-state index contributed by atoms with van der Waals surface area (Å²) >= 11 is 1.21. The SMILES string of the molecule is O=C(c1csc(-c2ccc(OCc3ccc(F)c(F)c3)cc2F)n1)N1CCCC1. The van der Waals surface area contributed by atoms with Gasteiger partial charge in [-0.2, -0.15) is 0 Å². The third kappa shape index (κ3) is 4.27. The van der Waals surface area contributed by atoms with Crippen LogP contribution >= 0.6 is 11.3 Å². The van der Waals surface area contributed by atoms with E-state index in [1.165, 1.54) is 29.5 Å². The van der Waals surface area contributed by atoms with Crippen molar-refractivity contribution in [2.24, 2.45) is 0 Å². The Bertz CT molecular complexity index is 1050. The van der Waals surface area contributed by atoms with E-state index in [0.717, 1.165) is 38.1 Å². The Hall–Kier alpha value is -2.87. The lowest BCUT2D eigenvalue weighted by atomic mass is 10.2. The van der Waals surface area contributed by atoms with Crippen molar-refractivity contribution in [3.63, 3.8) is 0 Å². The van der Waals surface area contributed by atoms with Crippen LogP contribution in [0.4, 0.5) is 13.2 Å². The fourth-order valence-electron chi connectivity index (χ4n) is 3.13. The maximum atomic E-state index is 14.6. The number of ether oxygens (including phenoxy) is 1. The highest BCUT2D eigenvalue weighted by molar-refractivity contribution is 7.13. The van der Waals surface area contributed by atoms with Crippen molar-refractivity contribution in [1.29, 1.82) is 0 Å². The number of amides is 1. The summed E-state index contributed by atoms with van der Waals surface area (Å²) in [7, 11) is 0. The Morgan fingerprint density at radius 3 is 2.55 bits per heavy atom. The molecule has 1 aliphatic rings. The summed E-state index contributed by atoms with van der Waals surface area (Å²) in [6, 6.07) is 7.76. The largest absolute Gasteiger partial charge is 0.489 e. The molecule has 4 nitrogen and oxygen atoms in total. The molecule has 4 rings (SSSR count). The highest BCUT2D eigenvalue weighted by Gasteiger charge is 2.22. The van der Waals surface area contributed by atoms with Crippen LogP contribution in [0.5, 0.6) is 5.75 Å². The van der Waals surface area contributed by atoms with E-state index in [1.807, 2.05) is 0 Å². The van der Waals surface area contributed by atoms with Gasteiger partial charge in [0.1, 0.15) is 28.9 Å². The van der Waals surface area contributed by atoms with Crippen LogP contribution in [0.1, 0.15) is 28.9 Å². The number of carbonyl (C=O) groups excluding carboxylic acids is 1. The molecule has 2 aromatic carbocycles. The summed E-state index contributed by atoms with van der Waals surface area (Å²) in [4.78, 5) is 18.5. The van der Waals surface area contributed by atoms with E-state index in [9.17, 15) is 18.0 Å². The number of benzene rings is 2. The number of thiazole rings is 1. The van der Waals surface area contributed by atoms with Crippen LogP contribution in [0.15, 0.2) is 41.8 Å². The number of nitrogens with zero attached hydrogens (tertiary/aromatic N) is 2. The number of aromatic nitrogens is 1. The molecule has 0 atom stereocenters. The second kappa shape index (κ2) is 8.24. The first-order valence-corrected chi connectivity index (χ1v) is 10.0. The van der Waals surface area contributed by atoms with E-state index in [-0.39, 0.29) is 23.8 Å². The van der Waals surface area contributed by atoms with Crippen molar-refractivity contribution in [3.05, 3.63) is 70.5 Å². The fourth-order valence-corrected chi connectivity index (χ4v) is 3.95. The summed E-state index contributed by atoms with van der Waals surface area (Å²) in [6.07, 6.45) is 1.98. The Labute approximate surface area is 169 Å². The van der Waals surface area contributed by atoms with E-state index < -0.39 is 17.5 Å². The van der Waals surface area contributed by atoms with Crippen LogP contribution in [0.25, 0.3) is 10.6 Å². The zero-order valence-corrected chi connectivity index (χ0v) is 16.1. The van der Waals surface area contributed by atoms with Gasteiger partial charge in [0, 0.05) is 30.1 Å². The Balaban J connectivity index is 1.46. The number of rotatable bonds is 5. The van der Waals surface area contributed by atoms with E-state index >= 15 is 0 Å². The number of likely N-dealkylation sites (tertiary alicyclic amines) is 1. The Morgan fingerprint density at radius 2 is 1.83 bits per heavy atom. The molecule has 1 aliphatic heterocycles. The molecule has 0 N–H and O–H groups in total. The lowest BCUT2D eigenvalue weighted by Gasteiger charge is -2.12. The van der Waals surface area contributed by atoms with Gasteiger partial charge in [0.15, 0.2) is 11.6 Å². The maximum absolute atomic E-state index is 14.6. The molecule has 0 saturated carbocycles. The summed E-state index contributed by atoms with van der Waals surface area (Å²) in [5.41, 5.74) is 1.03. The molecule has 1 fully saturated rings. The van der Waals surface area contributed by atoms with Gasteiger partial charge in [0.2, 0.25) is 0 Å². The summed E-state index contributed by atoms with van der Waals surface area (Å²) < 4.78 is 46.2. The van der Waals surface area contributed by atoms with Crippen molar-refractivity contribution in [3.8, 4) is 16.3 Å². The van der Waals surface area contributed by atoms with E-state index in [0.29, 0.717) is 16.3 Å². The second-order valence-electron chi connectivity index (χ2n) is 6.72. The zero-order valence-electron chi connectivity index (χ0n) is 15.3. The zero-order chi connectivity index (χ0) is 20.4. The maximum Gasteiger partial charge on any atom is 0.273 e. The van der Waals surface area contributed by atoms with Gasteiger partial charge in [-0.1, -0.05) is 6.07 Å². The first-order valence-electron chi connectivity index (χ1n) is 9.13. The molecular weight excluding hydrogens is 401 g/mol. The van der Waals surface area contributed by atoms with Gasteiger partial charge in [-0.15, -0.1) is 11.3 Å². The Morgan fingerprint density at radius 1 is 1.03 bits per heavy atom. The third-order valence-corrected chi connectivity index (χ3v) is 5.55. The van der Waals surface area contributed by atoms with Crippen molar-refractivity contribution in [2.45, 2.75) is 19.4 Å². The molecule has 2 heterocycles. The Kier molecular flexibility index (Phi) is 5.53.